The van der Waals surface area contributed by atoms with Crippen molar-refractivity contribution in [2.24, 2.45) is 11.3 Å². The Balaban J connectivity index is 1.41. The first-order chi connectivity index (χ1) is 14.7. The molecule has 166 valence electrons. The second-order valence-electron chi connectivity index (χ2n) is 9.72. The molecule has 1 heterocycles. The van der Waals surface area contributed by atoms with Gasteiger partial charge in [-0.1, -0.05) is 20.8 Å². The van der Waals surface area contributed by atoms with Crippen molar-refractivity contribution in [2.75, 3.05) is 12.4 Å². The number of hydrogen-bond donors (Lipinski definition) is 2. The highest BCUT2D eigenvalue weighted by Crippen LogP contribution is 2.41. The molecule has 0 aliphatic heterocycles. The van der Waals surface area contributed by atoms with E-state index in [2.05, 4.69) is 36.4 Å². The monoisotopic (exact) mass is 441 g/mol. The molecule has 6 nitrogen and oxygen atoms in total. The molecule has 1 aromatic carbocycles. The predicted octanol–water partition coefficient (Wildman–Crippen LogP) is 4.76. The van der Waals surface area contributed by atoms with Crippen LogP contribution < -0.4 is 15.4 Å². The van der Waals surface area contributed by atoms with Crippen LogP contribution in [0.25, 0.3) is 0 Å². The minimum atomic E-state index is -0.224. The van der Waals surface area contributed by atoms with Crippen LogP contribution in [0, 0.1) is 11.3 Å². The lowest BCUT2D eigenvalue weighted by Gasteiger charge is -2.39. The van der Waals surface area contributed by atoms with Crippen molar-refractivity contribution in [3.05, 3.63) is 40.4 Å². The van der Waals surface area contributed by atoms with E-state index >= 15 is 0 Å². The fourth-order valence-corrected chi connectivity index (χ4v) is 6.24. The summed E-state index contributed by atoms with van der Waals surface area (Å²) in [5.74, 6) is 0.960. The number of nitrogens with zero attached hydrogens (tertiary/aromatic N) is 1. The van der Waals surface area contributed by atoms with Crippen molar-refractivity contribution in [3.63, 3.8) is 0 Å². The summed E-state index contributed by atoms with van der Waals surface area (Å²) < 4.78 is 5.13. The van der Waals surface area contributed by atoms with Crippen LogP contribution in [0.15, 0.2) is 24.3 Å². The zero-order chi connectivity index (χ0) is 22.2. The van der Waals surface area contributed by atoms with Gasteiger partial charge in [0.1, 0.15) is 5.75 Å². The van der Waals surface area contributed by atoms with Crippen LogP contribution in [0.5, 0.6) is 5.75 Å². The summed E-state index contributed by atoms with van der Waals surface area (Å²) in [4.78, 5) is 31.3. The zero-order valence-electron chi connectivity index (χ0n) is 18.7. The largest absolute Gasteiger partial charge is 0.497 e. The molecule has 0 saturated heterocycles. The average molecular weight is 442 g/mol. The molecule has 0 spiro atoms. The van der Waals surface area contributed by atoms with Gasteiger partial charge in [0.15, 0.2) is 5.13 Å². The lowest BCUT2D eigenvalue weighted by Crippen LogP contribution is -2.44. The van der Waals surface area contributed by atoms with Gasteiger partial charge in [-0.05, 0) is 67.7 Å². The van der Waals surface area contributed by atoms with Crippen LogP contribution in [-0.4, -0.2) is 29.9 Å². The van der Waals surface area contributed by atoms with E-state index in [0.717, 1.165) is 36.3 Å². The molecule has 1 aromatic heterocycles. The maximum atomic E-state index is 13.1. The van der Waals surface area contributed by atoms with E-state index in [1.807, 2.05) is 0 Å². The summed E-state index contributed by atoms with van der Waals surface area (Å²) in [5, 5.41) is 6.73. The molecule has 4 rings (SSSR count). The predicted molar refractivity (Wildman–Crippen MR) is 123 cm³/mol. The Kier molecular flexibility index (Phi) is 6.06. The first-order valence-electron chi connectivity index (χ1n) is 11.0. The van der Waals surface area contributed by atoms with Crippen molar-refractivity contribution in [1.29, 1.82) is 0 Å². The highest BCUT2D eigenvalue weighted by molar-refractivity contribution is 7.16. The molecular formula is C24H31N3O3S. The topological polar surface area (TPSA) is 80.3 Å². The van der Waals surface area contributed by atoms with Crippen molar-refractivity contribution in [3.8, 4) is 5.75 Å². The number of methoxy groups -OCH3 is 1. The number of ether oxygens (including phenoxy) is 1. The Hall–Kier alpha value is -2.41. The fourth-order valence-electron chi connectivity index (χ4n) is 5.21. The first kappa shape index (κ1) is 21.8. The van der Waals surface area contributed by atoms with Crippen LogP contribution in [-0.2, 0) is 11.2 Å². The van der Waals surface area contributed by atoms with Crippen LogP contribution in [0.4, 0.5) is 5.13 Å². The smallest absolute Gasteiger partial charge is 0.257 e. The average Bonchev–Trinajstić information content (AvgIpc) is 3.26. The summed E-state index contributed by atoms with van der Waals surface area (Å²) >= 11 is 1.47. The third kappa shape index (κ3) is 4.92. The molecule has 1 saturated carbocycles. The number of carbonyl (C=O) groups is 2. The van der Waals surface area contributed by atoms with Crippen molar-refractivity contribution < 1.29 is 14.3 Å². The quantitative estimate of drug-likeness (QED) is 0.701. The van der Waals surface area contributed by atoms with Gasteiger partial charge in [-0.3, -0.25) is 14.9 Å². The summed E-state index contributed by atoms with van der Waals surface area (Å²) in [5.41, 5.74) is 1.63. The molecule has 3 unspecified atom stereocenters. The zero-order valence-corrected chi connectivity index (χ0v) is 19.5. The van der Waals surface area contributed by atoms with Gasteiger partial charge in [-0.15, -0.1) is 11.3 Å². The Labute approximate surface area is 187 Å². The van der Waals surface area contributed by atoms with E-state index in [1.165, 1.54) is 17.8 Å². The maximum Gasteiger partial charge on any atom is 0.257 e. The van der Waals surface area contributed by atoms with Gasteiger partial charge >= 0.3 is 0 Å². The molecule has 2 aromatic rings. The van der Waals surface area contributed by atoms with Crippen molar-refractivity contribution in [1.82, 2.24) is 10.3 Å². The lowest BCUT2D eigenvalue weighted by atomic mass is 9.70. The Morgan fingerprint density at radius 3 is 2.61 bits per heavy atom. The molecule has 3 atom stereocenters. The number of fused-ring (bicyclic) bond motifs is 1. The molecule has 2 amide bonds. The van der Waals surface area contributed by atoms with E-state index in [1.54, 1.807) is 31.4 Å². The van der Waals surface area contributed by atoms with Crippen molar-refractivity contribution >= 4 is 28.3 Å². The number of carbonyl (C=O) groups excluding carboxylic acids is 2. The van der Waals surface area contributed by atoms with Crippen LogP contribution in [0.3, 0.4) is 0 Å². The van der Waals surface area contributed by atoms with Gasteiger partial charge in [-0.25, -0.2) is 4.98 Å². The van der Waals surface area contributed by atoms with Gasteiger partial charge in [0.25, 0.3) is 5.91 Å². The molecule has 1 fully saturated rings. The lowest BCUT2D eigenvalue weighted by molar-refractivity contribution is -0.123. The maximum absolute atomic E-state index is 13.1. The van der Waals surface area contributed by atoms with Crippen LogP contribution >= 0.6 is 11.3 Å². The molecule has 31 heavy (non-hydrogen) atoms. The van der Waals surface area contributed by atoms with Gasteiger partial charge in [0.05, 0.1) is 18.7 Å². The standard InChI is InChI=1S/C24H31N3O3S/c1-14-11-16(13-24(2,3)12-14)25-22(29)18-9-10-19-20(18)26-23(31-19)27-21(28)15-5-7-17(30-4)8-6-15/h5-8,14,16,18H,9-13H2,1-4H3,(H,25,29)(H,26,27,28). The number of aromatic nitrogens is 1. The normalized spacial score (nSPS) is 24.3. The third-order valence-corrected chi connectivity index (χ3v) is 7.39. The molecule has 0 radical (unpaired) electrons. The van der Waals surface area contributed by atoms with Crippen LogP contribution in [0.2, 0.25) is 0 Å². The van der Waals surface area contributed by atoms with E-state index in [9.17, 15) is 9.59 Å². The molecule has 7 heteroatoms. The number of aryl methyl sites for hydroxylation is 1. The number of anilines is 1. The summed E-state index contributed by atoms with van der Waals surface area (Å²) in [6.07, 6.45) is 4.88. The number of thiazole rings is 1. The molecule has 2 aliphatic rings. The minimum absolute atomic E-state index is 0.0759. The molecular weight excluding hydrogens is 410 g/mol. The van der Waals surface area contributed by atoms with E-state index < -0.39 is 0 Å². The number of nitrogens with one attached hydrogen (secondary N) is 2. The van der Waals surface area contributed by atoms with Gasteiger partial charge < -0.3 is 10.1 Å². The number of rotatable bonds is 5. The van der Waals surface area contributed by atoms with Gasteiger partial charge in [0.2, 0.25) is 5.91 Å². The fraction of sp³-hybridized carbons (Fsp3) is 0.542. The van der Waals surface area contributed by atoms with Crippen LogP contribution in [0.1, 0.15) is 73.3 Å². The first-order valence-corrected chi connectivity index (χ1v) is 11.8. The number of benzene rings is 1. The second kappa shape index (κ2) is 8.61. The molecule has 0 bridgehead atoms. The highest BCUT2D eigenvalue weighted by atomic mass is 32.1. The Morgan fingerprint density at radius 2 is 1.94 bits per heavy atom. The van der Waals surface area contributed by atoms with E-state index in [0.29, 0.717) is 22.4 Å². The molecule has 2 aliphatic carbocycles. The number of hydrogen-bond acceptors (Lipinski definition) is 5. The molecule has 2 N–H and O–H groups in total. The highest BCUT2D eigenvalue weighted by Gasteiger charge is 2.37. The summed E-state index contributed by atoms with van der Waals surface area (Å²) in [6.45, 7) is 6.84. The summed E-state index contributed by atoms with van der Waals surface area (Å²) in [7, 11) is 1.59. The third-order valence-electron chi connectivity index (χ3n) is 6.34. The second-order valence-corrected chi connectivity index (χ2v) is 10.8. The van der Waals surface area contributed by atoms with E-state index in [-0.39, 0.29) is 29.2 Å². The van der Waals surface area contributed by atoms with Gasteiger partial charge in [-0.2, -0.15) is 0 Å². The Morgan fingerprint density at radius 1 is 1.19 bits per heavy atom. The minimum Gasteiger partial charge on any atom is -0.497 e. The Bertz CT molecular complexity index is 967. The number of amides is 2. The van der Waals surface area contributed by atoms with Crippen molar-refractivity contribution in [2.45, 2.75) is 64.8 Å². The van der Waals surface area contributed by atoms with E-state index in [4.69, 9.17) is 4.74 Å². The van der Waals surface area contributed by atoms with Gasteiger partial charge in [0, 0.05) is 16.5 Å². The SMILES string of the molecule is COc1ccc(C(=O)Nc2nc3c(s2)CCC3C(=O)NC2CC(C)CC(C)(C)C2)cc1. The summed E-state index contributed by atoms with van der Waals surface area (Å²) in [6, 6.07) is 7.18.